The van der Waals surface area contributed by atoms with Gasteiger partial charge < -0.3 is 16.0 Å². The van der Waals surface area contributed by atoms with Crippen molar-refractivity contribution in [2.24, 2.45) is 5.73 Å². The number of nitrogens with one attached hydrogen (secondary N) is 2. The molecule has 1 unspecified atom stereocenters. The summed E-state index contributed by atoms with van der Waals surface area (Å²) >= 11 is 0. The van der Waals surface area contributed by atoms with Gasteiger partial charge in [0.1, 0.15) is 6.54 Å². The molecule has 0 aliphatic heterocycles. The van der Waals surface area contributed by atoms with Crippen molar-refractivity contribution in [3.63, 3.8) is 0 Å². The Morgan fingerprint density at radius 1 is 1.33 bits per heavy atom. The lowest BCUT2D eigenvalue weighted by Gasteiger charge is -2.19. The number of quaternary nitrogens is 1. The van der Waals surface area contributed by atoms with Gasteiger partial charge in [-0.25, -0.2) is 0 Å². The van der Waals surface area contributed by atoms with Gasteiger partial charge in [0.2, 0.25) is 0 Å². The second-order valence-electron chi connectivity index (χ2n) is 4.42. The van der Waals surface area contributed by atoms with Crippen LogP contribution in [0.3, 0.4) is 0 Å². The summed E-state index contributed by atoms with van der Waals surface area (Å²) in [6.07, 6.45) is 0. The zero-order valence-electron chi connectivity index (χ0n) is 11.0. The van der Waals surface area contributed by atoms with Gasteiger partial charge in [-0.15, -0.1) is 0 Å². The van der Waals surface area contributed by atoms with Crippen LogP contribution in [0.25, 0.3) is 0 Å². The lowest BCUT2D eigenvalue weighted by Crippen LogP contribution is -3.12. The van der Waals surface area contributed by atoms with Crippen LogP contribution in [0.15, 0.2) is 24.3 Å². The van der Waals surface area contributed by atoms with Gasteiger partial charge in [0.05, 0.1) is 7.05 Å². The van der Waals surface area contributed by atoms with Crippen molar-refractivity contribution >= 4 is 11.8 Å². The van der Waals surface area contributed by atoms with E-state index in [0.29, 0.717) is 12.1 Å². The number of hydrogen-bond acceptors (Lipinski definition) is 2. The number of primary amides is 1. The van der Waals surface area contributed by atoms with Crippen molar-refractivity contribution in [3.8, 4) is 0 Å². The molecule has 0 radical (unpaired) electrons. The predicted octanol–water partition coefficient (Wildman–Crippen LogP) is -1.07. The fourth-order valence-corrected chi connectivity index (χ4v) is 1.64. The summed E-state index contributed by atoms with van der Waals surface area (Å²) < 4.78 is 0. The smallest absolute Gasteiger partial charge is 0.275 e. The Morgan fingerprint density at radius 2 is 1.89 bits per heavy atom. The highest BCUT2D eigenvalue weighted by atomic mass is 16.2. The molecule has 4 N–H and O–H groups in total. The Labute approximate surface area is 107 Å². The highest BCUT2D eigenvalue weighted by Crippen LogP contribution is 2.03. The van der Waals surface area contributed by atoms with Crippen LogP contribution < -0.4 is 16.0 Å². The van der Waals surface area contributed by atoms with Gasteiger partial charge >= 0.3 is 0 Å². The highest BCUT2D eigenvalue weighted by Gasteiger charge is 2.18. The molecule has 0 aromatic heterocycles. The average Bonchev–Trinajstić information content (AvgIpc) is 2.37. The Morgan fingerprint density at radius 3 is 2.33 bits per heavy atom. The molecule has 5 nitrogen and oxygen atoms in total. The number of benzene rings is 1. The third-order valence-corrected chi connectivity index (χ3v) is 3.09. The van der Waals surface area contributed by atoms with E-state index in [1.54, 1.807) is 26.1 Å². The van der Waals surface area contributed by atoms with E-state index in [2.05, 4.69) is 5.32 Å². The molecule has 1 aromatic rings. The lowest BCUT2D eigenvalue weighted by molar-refractivity contribution is -0.908. The molecule has 0 saturated carbocycles. The first kappa shape index (κ1) is 14.2. The first-order chi connectivity index (χ1) is 8.45. The second kappa shape index (κ2) is 6.16. The monoisotopic (exact) mass is 250 g/mol. The molecule has 18 heavy (non-hydrogen) atoms. The lowest BCUT2D eigenvalue weighted by atomic mass is 10.1. The van der Waals surface area contributed by atoms with Gasteiger partial charge in [0, 0.05) is 18.2 Å². The van der Waals surface area contributed by atoms with E-state index in [1.807, 2.05) is 19.2 Å². The van der Waals surface area contributed by atoms with Crippen molar-refractivity contribution in [1.82, 2.24) is 5.32 Å². The van der Waals surface area contributed by atoms with Gasteiger partial charge in [-0.2, -0.15) is 0 Å². The van der Waals surface area contributed by atoms with E-state index in [0.717, 1.165) is 10.5 Å². The summed E-state index contributed by atoms with van der Waals surface area (Å²) in [6.45, 7) is 2.49. The summed E-state index contributed by atoms with van der Waals surface area (Å²) in [5.74, 6) is -0.415. The fraction of sp³-hybridized carbons (Fsp3) is 0.385. The van der Waals surface area contributed by atoms with Crippen LogP contribution in [-0.4, -0.2) is 32.0 Å². The Balaban J connectivity index is 2.69. The van der Waals surface area contributed by atoms with Crippen LogP contribution in [-0.2, 0) is 11.3 Å². The zero-order valence-corrected chi connectivity index (χ0v) is 11.0. The average molecular weight is 250 g/mol. The molecule has 0 spiro atoms. The zero-order chi connectivity index (χ0) is 13.7. The van der Waals surface area contributed by atoms with Gasteiger partial charge in [-0.3, -0.25) is 9.59 Å². The van der Waals surface area contributed by atoms with Gasteiger partial charge in [-0.1, -0.05) is 12.1 Å². The number of rotatable bonds is 5. The van der Waals surface area contributed by atoms with E-state index in [1.165, 1.54) is 0 Å². The first-order valence-corrected chi connectivity index (χ1v) is 5.88. The number of carbonyl (C=O) groups is 2. The number of amides is 2. The molecule has 0 aliphatic carbocycles. The third-order valence-electron chi connectivity index (χ3n) is 3.09. The van der Waals surface area contributed by atoms with Crippen LogP contribution >= 0.6 is 0 Å². The normalized spacial score (nSPS) is 13.7. The minimum atomic E-state index is -0.311. The van der Waals surface area contributed by atoms with Crippen LogP contribution in [0.4, 0.5) is 0 Å². The second-order valence-corrected chi connectivity index (χ2v) is 4.42. The molecular formula is C13H20N3O2+. The highest BCUT2D eigenvalue weighted by molar-refractivity contribution is 5.93. The standard InChI is InChI=1S/C13H19N3O2/c1-9(12(14)17)16(3)8-10-4-6-11(7-5-10)13(18)15-2/h4-7,9H,8H2,1-3H3,(H2,14,17)(H,15,18)/p+1/t9-/m0/s1. The first-order valence-electron chi connectivity index (χ1n) is 5.88. The molecule has 2 atom stereocenters. The maximum Gasteiger partial charge on any atom is 0.275 e. The summed E-state index contributed by atoms with van der Waals surface area (Å²) in [4.78, 5) is 23.5. The number of carbonyl (C=O) groups excluding carboxylic acids is 2. The van der Waals surface area contributed by atoms with E-state index in [9.17, 15) is 9.59 Å². The molecule has 1 rings (SSSR count). The maximum atomic E-state index is 11.4. The summed E-state index contributed by atoms with van der Waals surface area (Å²) in [5.41, 5.74) is 6.95. The molecule has 5 heteroatoms. The molecule has 0 fully saturated rings. The van der Waals surface area contributed by atoms with Crippen LogP contribution in [0, 0.1) is 0 Å². The molecular weight excluding hydrogens is 230 g/mol. The van der Waals surface area contributed by atoms with Gasteiger partial charge in [0.25, 0.3) is 11.8 Å². The van der Waals surface area contributed by atoms with E-state index >= 15 is 0 Å². The minimum absolute atomic E-state index is 0.104. The van der Waals surface area contributed by atoms with Crippen molar-refractivity contribution in [2.45, 2.75) is 19.5 Å². The molecule has 98 valence electrons. The molecule has 0 aliphatic rings. The minimum Gasteiger partial charge on any atom is -0.365 e. The van der Waals surface area contributed by atoms with Crippen molar-refractivity contribution in [2.75, 3.05) is 14.1 Å². The number of hydrogen-bond donors (Lipinski definition) is 3. The van der Waals surface area contributed by atoms with Crippen LogP contribution in [0.2, 0.25) is 0 Å². The molecule has 2 amide bonds. The van der Waals surface area contributed by atoms with Crippen molar-refractivity contribution in [1.29, 1.82) is 0 Å². The summed E-state index contributed by atoms with van der Waals surface area (Å²) in [7, 11) is 3.52. The van der Waals surface area contributed by atoms with Crippen molar-refractivity contribution in [3.05, 3.63) is 35.4 Å². The predicted molar refractivity (Wildman–Crippen MR) is 69.1 cm³/mol. The number of nitrogens with two attached hydrogens (primary N) is 1. The van der Waals surface area contributed by atoms with Crippen LogP contribution in [0.5, 0.6) is 0 Å². The molecule has 0 saturated heterocycles. The third kappa shape index (κ3) is 3.56. The van der Waals surface area contributed by atoms with E-state index < -0.39 is 0 Å². The van der Waals surface area contributed by atoms with Gasteiger partial charge in [-0.05, 0) is 19.1 Å². The molecule has 0 bridgehead atoms. The quantitative estimate of drug-likeness (QED) is 0.622. The molecule has 0 heterocycles. The SMILES string of the molecule is CNC(=O)c1ccc(C[NH+](C)[C@@H](C)C(N)=O)cc1. The largest absolute Gasteiger partial charge is 0.365 e. The Bertz CT molecular complexity index is 428. The Hall–Kier alpha value is -1.88. The maximum absolute atomic E-state index is 11.4. The number of likely N-dealkylation sites (N-methyl/N-ethyl adjacent to an activating group) is 1. The summed E-state index contributed by atoms with van der Waals surface area (Å²) in [6, 6.07) is 7.10. The van der Waals surface area contributed by atoms with Crippen LogP contribution in [0.1, 0.15) is 22.8 Å². The van der Waals surface area contributed by atoms with E-state index in [4.69, 9.17) is 5.73 Å². The van der Waals surface area contributed by atoms with Crippen molar-refractivity contribution < 1.29 is 14.5 Å². The summed E-state index contributed by atoms with van der Waals surface area (Å²) in [5, 5.41) is 2.57. The topological polar surface area (TPSA) is 76.6 Å². The molecule has 1 aromatic carbocycles. The van der Waals surface area contributed by atoms with Gasteiger partial charge in [0.15, 0.2) is 6.04 Å². The van der Waals surface area contributed by atoms with E-state index in [-0.39, 0.29) is 17.9 Å². The fourth-order valence-electron chi connectivity index (χ4n) is 1.64. The Kier molecular flexibility index (Phi) is 4.85.